The molecule has 0 unspecified atom stereocenters. The van der Waals surface area contributed by atoms with E-state index in [0.29, 0.717) is 37.8 Å². The Hall–Kier alpha value is -2.64. The highest BCUT2D eigenvalue weighted by Gasteiger charge is 2.05. The van der Waals surface area contributed by atoms with Crippen molar-refractivity contribution < 1.29 is 18.6 Å². The summed E-state index contributed by atoms with van der Waals surface area (Å²) in [7, 11) is 3.20. The predicted octanol–water partition coefficient (Wildman–Crippen LogP) is 3.64. The zero-order valence-electron chi connectivity index (χ0n) is 18.0. The van der Waals surface area contributed by atoms with Crippen LogP contribution in [0.1, 0.15) is 30.0 Å². The van der Waals surface area contributed by atoms with Gasteiger partial charge in [-0.15, -0.1) is 0 Å². The maximum atomic E-state index is 13.8. The second-order valence-corrected chi connectivity index (χ2v) is 6.70. The van der Waals surface area contributed by atoms with Crippen LogP contribution in [0.2, 0.25) is 0 Å². The third-order valence-electron chi connectivity index (χ3n) is 4.41. The molecule has 7 heteroatoms. The molecule has 2 rings (SSSR count). The fraction of sp³-hybridized carbons (Fsp3) is 0.435. The molecule has 2 aromatic carbocycles. The van der Waals surface area contributed by atoms with Crippen molar-refractivity contribution in [3.8, 4) is 5.75 Å². The molecule has 164 valence electrons. The van der Waals surface area contributed by atoms with Crippen molar-refractivity contribution in [2.24, 2.45) is 4.99 Å². The molecule has 30 heavy (non-hydrogen) atoms. The van der Waals surface area contributed by atoms with Crippen LogP contribution in [0, 0.1) is 5.82 Å². The molecule has 0 amide bonds. The summed E-state index contributed by atoms with van der Waals surface area (Å²) in [6, 6.07) is 12.9. The Morgan fingerprint density at radius 3 is 2.50 bits per heavy atom. The fourth-order valence-electron chi connectivity index (χ4n) is 2.79. The summed E-state index contributed by atoms with van der Waals surface area (Å²) in [5.41, 5.74) is 2.56. The lowest BCUT2D eigenvalue weighted by Gasteiger charge is -2.13. The van der Waals surface area contributed by atoms with Gasteiger partial charge in [-0.05, 0) is 48.7 Å². The van der Waals surface area contributed by atoms with Crippen molar-refractivity contribution in [1.29, 1.82) is 0 Å². The van der Waals surface area contributed by atoms with Gasteiger partial charge in [0.1, 0.15) is 11.6 Å². The molecule has 0 bridgehead atoms. The van der Waals surface area contributed by atoms with E-state index in [-0.39, 0.29) is 12.4 Å². The minimum atomic E-state index is -0.267. The number of nitrogens with zero attached hydrogens (tertiary/aromatic N) is 1. The van der Waals surface area contributed by atoms with Gasteiger partial charge in [-0.25, -0.2) is 9.38 Å². The largest absolute Gasteiger partial charge is 0.497 e. The molecular weight excluding hydrogens is 385 g/mol. The van der Waals surface area contributed by atoms with Gasteiger partial charge in [0.25, 0.3) is 0 Å². The Labute approximate surface area is 178 Å². The van der Waals surface area contributed by atoms with Crippen molar-refractivity contribution in [2.75, 3.05) is 34.0 Å². The third-order valence-corrected chi connectivity index (χ3v) is 4.41. The summed E-state index contributed by atoms with van der Waals surface area (Å²) in [6.07, 6.45) is 0.881. The monoisotopic (exact) mass is 417 g/mol. The van der Waals surface area contributed by atoms with E-state index in [2.05, 4.69) is 15.6 Å². The first-order chi connectivity index (χ1) is 14.7. The van der Waals surface area contributed by atoms with Gasteiger partial charge in [-0.3, -0.25) is 0 Å². The quantitative estimate of drug-likeness (QED) is 0.314. The summed E-state index contributed by atoms with van der Waals surface area (Å²) in [5.74, 6) is 1.25. The molecule has 0 fully saturated rings. The number of ether oxygens (including phenoxy) is 3. The van der Waals surface area contributed by atoms with E-state index >= 15 is 0 Å². The first kappa shape index (κ1) is 23.6. The molecule has 0 atom stereocenters. The van der Waals surface area contributed by atoms with Crippen LogP contribution < -0.4 is 15.4 Å². The lowest BCUT2D eigenvalue weighted by Crippen LogP contribution is -2.37. The standard InChI is InChI=1S/C23H32FN3O3/c1-4-30-13-5-12-25-23(26-15-18-6-9-21(29-3)10-7-18)27-16-19-8-11-22(24)20(14-19)17-28-2/h6-11,14H,4-5,12-13,15-17H2,1-3H3,(H2,25,26,27). The second-order valence-electron chi connectivity index (χ2n) is 6.70. The lowest BCUT2D eigenvalue weighted by atomic mass is 10.1. The molecule has 2 N–H and O–H groups in total. The van der Waals surface area contributed by atoms with Crippen LogP contribution in [0.4, 0.5) is 4.39 Å². The van der Waals surface area contributed by atoms with E-state index in [9.17, 15) is 4.39 Å². The molecule has 0 aliphatic carbocycles. The predicted molar refractivity (Wildman–Crippen MR) is 117 cm³/mol. The van der Waals surface area contributed by atoms with Crippen molar-refractivity contribution in [2.45, 2.75) is 33.0 Å². The number of nitrogens with one attached hydrogen (secondary N) is 2. The highest BCUT2D eigenvalue weighted by molar-refractivity contribution is 5.79. The summed E-state index contributed by atoms with van der Waals surface area (Å²) < 4.78 is 29.5. The number of guanidine groups is 1. The maximum absolute atomic E-state index is 13.8. The van der Waals surface area contributed by atoms with Crippen molar-refractivity contribution in [3.05, 3.63) is 65.0 Å². The Balaban J connectivity index is 2.00. The van der Waals surface area contributed by atoms with E-state index in [1.807, 2.05) is 31.2 Å². The van der Waals surface area contributed by atoms with E-state index in [1.54, 1.807) is 26.4 Å². The van der Waals surface area contributed by atoms with Gasteiger partial charge >= 0.3 is 0 Å². The number of hydrogen-bond donors (Lipinski definition) is 2. The molecule has 0 aliphatic rings. The summed E-state index contributed by atoms with van der Waals surface area (Å²) in [6.45, 7) is 5.43. The van der Waals surface area contributed by atoms with E-state index in [1.165, 1.54) is 6.07 Å². The van der Waals surface area contributed by atoms with Crippen molar-refractivity contribution >= 4 is 5.96 Å². The second kappa shape index (κ2) is 13.6. The SMILES string of the molecule is CCOCCCNC(=NCc1ccc(F)c(COC)c1)NCc1ccc(OC)cc1. The van der Waals surface area contributed by atoms with E-state index in [4.69, 9.17) is 14.2 Å². The summed E-state index contributed by atoms with van der Waals surface area (Å²) in [5, 5.41) is 6.67. The third kappa shape index (κ3) is 8.39. The molecule has 0 saturated carbocycles. The van der Waals surface area contributed by atoms with Crippen LogP contribution in [0.25, 0.3) is 0 Å². The molecule has 2 aromatic rings. The van der Waals surface area contributed by atoms with Gasteiger partial charge in [0, 0.05) is 39.0 Å². The van der Waals surface area contributed by atoms with Gasteiger partial charge in [-0.1, -0.05) is 18.2 Å². The van der Waals surface area contributed by atoms with Gasteiger partial charge in [-0.2, -0.15) is 0 Å². The van der Waals surface area contributed by atoms with Gasteiger partial charge < -0.3 is 24.8 Å². The Kier molecular flexibility index (Phi) is 10.7. The molecule has 0 spiro atoms. The van der Waals surface area contributed by atoms with Gasteiger partial charge in [0.15, 0.2) is 5.96 Å². The van der Waals surface area contributed by atoms with Crippen LogP contribution in [0.5, 0.6) is 5.75 Å². The minimum absolute atomic E-state index is 0.238. The van der Waals surface area contributed by atoms with Crippen LogP contribution in [-0.4, -0.2) is 39.9 Å². The van der Waals surface area contributed by atoms with Crippen LogP contribution in [0.15, 0.2) is 47.5 Å². The number of benzene rings is 2. The Morgan fingerprint density at radius 1 is 1.03 bits per heavy atom. The van der Waals surface area contributed by atoms with Crippen LogP contribution in [0.3, 0.4) is 0 Å². The molecule has 0 saturated heterocycles. The number of hydrogen-bond acceptors (Lipinski definition) is 4. The number of methoxy groups -OCH3 is 2. The zero-order valence-corrected chi connectivity index (χ0v) is 18.0. The van der Waals surface area contributed by atoms with E-state index in [0.717, 1.165) is 29.8 Å². The zero-order chi connectivity index (χ0) is 21.6. The molecule has 0 heterocycles. The number of rotatable bonds is 12. The molecule has 0 aromatic heterocycles. The first-order valence-electron chi connectivity index (χ1n) is 10.1. The van der Waals surface area contributed by atoms with Gasteiger partial charge in [0.2, 0.25) is 0 Å². The van der Waals surface area contributed by atoms with Crippen molar-refractivity contribution in [1.82, 2.24) is 10.6 Å². The summed E-state index contributed by atoms with van der Waals surface area (Å²) >= 11 is 0. The highest BCUT2D eigenvalue weighted by atomic mass is 19.1. The fourth-order valence-corrected chi connectivity index (χ4v) is 2.79. The number of halogens is 1. The first-order valence-corrected chi connectivity index (χ1v) is 10.1. The van der Waals surface area contributed by atoms with Crippen LogP contribution >= 0.6 is 0 Å². The summed E-state index contributed by atoms with van der Waals surface area (Å²) in [4.78, 5) is 4.66. The normalized spacial score (nSPS) is 11.4. The molecule has 0 aliphatic heterocycles. The molecule has 0 radical (unpaired) electrons. The molecule has 6 nitrogen and oxygen atoms in total. The highest BCUT2D eigenvalue weighted by Crippen LogP contribution is 2.13. The minimum Gasteiger partial charge on any atom is -0.497 e. The molecular formula is C23H32FN3O3. The van der Waals surface area contributed by atoms with Gasteiger partial charge in [0.05, 0.1) is 20.3 Å². The Morgan fingerprint density at radius 2 is 1.80 bits per heavy atom. The Bertz CT molecular complexity index is 782. The van der Waals surface area contributed by atoms with Crippen LogP contribution in [-0.2, 0) is 29.2 Å². The average molecular weight is 418 g/mol. The lowest BCUT2D eigenvalue weighted by molar-refractivity contribution is 0.145. The number of aliphatic imine (C=N–C) groups is 1. The topological polar surface area (TPSA) is 64.1 Å². The maximum Gasteiger partial charge on any atom is 0.191 e. The smallest absolute Gasteiger partial charge is 0.191 e. The average Bonchev–Trinajstić information content (AvgIpc) is 2.77. The van der Waals surface area contributed by atoms with E-state index < -0.39 is 0 Å². The van der Waals surface area contributed by atoms with Crippen molar-refractivity contribution in [3.63, 3.8) is 0 Å².